The van der Waals surface area contributed by atoms with Gasteiger partial charge >= 0.3 is 58.4 Å². The van der Waals surface area contributed by atoms with Crippen molar-refractivity contribution < 1.29 is 64.3 Å². The van der Waals surface area contributed by atoms with Crippen molar-refractivity contribution in [2.45, 2.75) is 0 Å². The Morgan fingerprint density at radius 1 is 0.923 bits per heavy atom. The fraction of sp³-hybridized carbons (Fsp3) is 0. The van der Waals surface area contributed by atoms with Crippen LogP contribution < -0.4 is 56.8 Å². The van der Waals surface area contributed by atoms with Crippen LogP contribution in [0.2, 0.25) is 10.0 Å². The minimum Gasteiger partial charge on any atom is -0.445 e. The van der Waals surface area contributed by atoms with E-state index in [0.717, 1.165) is 12.1 Å². The maximum atomic E-state index is 12.1. The molecule has 0 aliphatic rings. The predicted octanol–water partition coefficient (Wildman–Crippen LogP) is 0.0518. The van der Waals surface area contributed by atoms with Gasteiger partial charge in [-0.15, -0.1) is 5.46 Å². The number of benzene rings is 1. The average molecular weight is 253 g/mol. The molecule has 0 saturated carbocycles. The SMILES string of the molecule is F[B-](F)(F)c1cc(Cl)cc(Cl)c1.[K+]. The molecule has 0 spiro atoms. The largest absolute Gasteiger partial charge is 1.00 e. The van der Waals surface area contributed by atoms with Gasteiger partial charge in [0.15, 0.2) is 0 Å². The molecule has 0 heterocycles. The van der Waals surface area contributed by atoms with Crippen LogP contribution in [0.5, 0.6) is 0 Å². The first-order valence-electron chi connectivity index (χ1n) is 3.05. The molecule has 0 aliphatic carbocycles. The first-order valence-corrected chi connectivity index (χ1v) is 3.81. The van der Waals surface area contributed by atoms with Crippen molar-refractivity contribution in [3.05, 3.63) is 28.2 Å². The molecule has 1 aromatic rings. The van der Waals surface area contributed by atoms with Crippen LogP contribution in [0.25, 0.3) is 0 Å². The molecular weight excluding hydrogens is 250 g/mol. The van der Waals surface area contributed by atoms with Gasteiger partial charge in [-0.2, -0.15) is 0 Å². The van der Waals surface area contributed by atoms with E-state index >= 15 is 0 Å². The molecule has 0 radical (unpaired) electrons. The molecular formula is C6H3BCl2F3K. The number of rotatable bonds is 1. The van der Waals surface area contributed by atoms with Crippen LogP contribution in [0.4, 0.5) is 12.9 Å². The second-order valence-corrected chi connectivity index (χ2v) is 3.15. The molecule has 7 heteroatoms. The van der Waals surface area contributed by atoms with Crippen molar-refractivity contribution in [3.63, 3.8) is 0 Å². The van der Waals surface area contributed by atoms with Crippen molar-refractivity contribution >= 4 is 35.6 Å². The Morgan fingerprint density at radius 2 is 1.31 bits per heavy atom. The zero-order valence-corrected chi connectivity index (χ0v) is 11.3. The van der Waals surface area contributed by atoms with Gasteiger partial charge < -0.3 is 12.9 Å². The molecule has 0 bridgehead atoms. The Kier molecular flexibility index (Phi) is 5.93. The molecule has 13 heavy (non-hydrogen) atoms. The summed E-state index contributed by atoms with van der Waals surface area (Å²) in [5.41, 5.74) is -0.771. The standard InChI is InChI=1S/C6H3BCl2F3.K/c8-5-1-4(7(10,11)12)2-6(9)3-5;/h1-3H;/q-1;+1. The van der Waals surface area contributed by atoms with E-state index in [1.807, 2.05) is 0 Å². The van der Waals surface area contributed by atoms with Gasteiger partial charge in [0, 0.05) is 10.0 Å². The van der Waals surface area contributed by atoms with E-state index in [2.05, 4.69) is 0 Å². The average Bonchev–Trinajstić information content (AvgIpc) is 1.82. The maximum Gasteiger partial charge on any atom is 1.00 e. The summed E-state index contributed by atoms with van der Waals surface area (Å²) in [6.45, 7) is -5.01. The van der Waals surface area contributed by atoms with Crippen LogP contribution in [0, 0.1) is 0 Å². The fourth-order valence-electron chi connectivity index (χ4n) is 0.764. The molecule has 0 fully saturated rings. The third kappa shape index (κ3) is 4.55. The molecule has 0 amide bonds. The molecule has 0 aromatic heterocycles. The smallest absolute Gasteiger partial charge is 0.445 e. The van der Waals surface area contributed by atoms with Gasteiger partial charge in [0.1, 0.15) is 0 Å². The van der Waals surface area contributed by atoms with E-state index in [1.165, 1.54) is 6.07 Å². The van der Waals surface area contributed by atoms with Gasteiger partial charge in [0.05, 0.1) is 0 Å². The summed E-state index contributed by atoms with van der Waals surface area (Å²) in [7, 11) is 0. The summed E-state index contributed by atoms with van der Waals surface area (Å²) in [5.74, 6) is 0. The molecule has 66 valence electrons. The third-order valence-corrected chi connectivity index (χ3v) is 1.70. The first-order chi connectivity index (χ1) is 5.39. The second kappa shape index (κ2) is 5.40. The summed E-state index contributed by atoms with van der Waals surface area (Å²) >= 11 is 10.8. The van der Waals surface area contributed by atoms with Crippen molar-refractivity contribution in [3.8, 4) is 0 Å². The molecule has 0 nitrogen and oxygen atoms in total. The van der Waals surface area contributed by atoms with Gasteiger partial charge in [0.2, 0.25) is 0 Å². The third-order valence-electron chi connectivity index (χ3n) is 1.26. The van der Waals surface area contributed by atoms with Gasteiger partial charge in [-0.25, -0.2) is 0 Å². The summed E-state index contributed by atoms with van der Waals surface area (Å²) in [5, 5.41) is -0.00611. The quantitative estimate of drug-likeness (QED) is 0.620. The zero-order valence-electron chi connectivity index (χ0n) is 6.70. The molecule has 1 rings (SSSR count). The predicted molar refractivity (Wildman–Crippen MR) is 45.2 cm³/mol. The summed E-state index contributed by atoms with van der Waals surface area (Å²) in [4.78, 5) is 0. The van der Waals surface area contributed by atoms with Crippen molar-refractivity contribution in [1.29, 1.82) is 0 Å². The van der Waals surface area contributed by atoms with E-state index in [-0.39, 0.29) is 61.4 Å². The molecule has 0 unspecified atom stereocenters. The van der Waals surface area contributed by atoms with Gasteiger partial charge in [-0.05, 0) is 6.07 Å². The van der Waals surface area contributed by atoms with Crippen LogP contribution in [-0.4, -0.2) is 6.98 Å². The Labute approximate surface area is 126 Å². The van der Waals surface area contributed by atoms with Crippen LogP contribution in [-0.2, 0) is 0 Å². The summed E-state index contributed by atoms with van der Waals surface area (Å²) in [6.07, 6.45) is 0. The van der Waals surface area contributed by atoms with E-state index in [1.54, 1.807) is 0 Å². The maximum absolute atomic E-state index is 12.1. The normalized spacial score (nSPS) is 10.8. The topological polar surface area (TPSA) is 0 Å². The zero-order chi connectivity index (χ0) is 9.35. The van der Waals surface area contributed by atoms with E-state index < -0.39 is 12.4 Å². The van der Waals surface area contributed by atoms with Crippen molar-refractivity contribution in [2.24, 2.45) is 0 Å². The van der Waals surface area contributed by atoms with Crippen LogP contribution in [0.1, 0.15) is 0 Å². The number of hydrogen-bond donors (Lipinski definition) is 0. The van der Waals surface area contributed by atoms with Gasteiger partial charge in [-0.1, -0.05) is 35.3 Å². The molecule has 1 aromatic carbocycles. The van der Waals surface area contributed by atoms with Gasteiger partial charge in [-0.3, -0.25) is 0 Å². The molecule has 0 N–H and O–H groups in total. The minimum atomic E-state index is -5.01. The second-order valence-electron chi connectivity index (χ2n) is 2.28. The minimum absolute atomic E-state index is 0. The van der Waals surface area contributed by atoms with Crippen LogP contribution >= 0.6 is 23.2 Å². The van der Waals surface area contributed by atoms with Crippen molar-refractivity contribution in [1.82, 2.24) is 0 Å². The van der Waals surface area contributed by atoms with E-state index in [0.29, 0.717) is 0 Å². The van der Waals surface area contributed by atoms with Crippen molar-refractivity contribution in [2.75, 3.05) is 0 Å². The Hall–Kier alpha value is 1.29. The first kappa shape index (κ1) is 14.3. The Balaban J connectivity index is 0.00000144. The summed E-state index contributed by atoms with van der Waals surface area (Å²) < 4.78 is 36.3. The molecule has 0 aliphatic heterocycles. The Morgan fingerprint density at radius 3 is 1.62 bits per heavy atom. The van der Waals surface area contributed by atoms with Gasteiger partial charge in [0.25, 0.3) is 0 Å². The monoisotopic (exact) mass is 252 g/mol. The fourth-order valence-corrected chi connectivity index (χ4v) is 1.31. The number of hydrogen-bond acceptors (Lipinski definition) is 0. The molecule has 0 saturated heterocycles. The molecule has 0 atom stereocenters. The van der Waals surface area contributed by atoms with E-state index in [9.17, 15) is 12.9 Å². The van der Waals surface area contributed by atoms with E-state index in [4.69, 9.17) is 23.2 Å². The van der Waals surface area contributed by atoms with Crippen LogP contribution in [0.3, 0.4) is 0 Å². The summed E-state index contributed by atoms with van der Waals surface area (Å²) in [6, 6.07) is 2.97. The Bertz CT molecular complexity index is 282. The number of halogens is 5. The van der Waals surface area contributed by atoms with Crippen LogP contribution in [0.15, 0.2) is 18.2 Å².